The van der Waals surface area contributed by atoms with Crippen molar-refractivity contribution in [2.24, 2.45) is 0 Å². The number of sulfonamides is 1. The van der Waals surface area contributed by atoms with Crippen LogP contribution >= 0.6 is 15.9 Å². The van der Waals surface area contributed by atoms with Gasteiger partial charge in [-0.3, -0.25) is 13.9 Å². The minimum absolute atomic E-state index is 0.0376. The smallest absolute Gasteiger partial charge is 0.264 e. The van der Waals surface area contributed by atoms with Gasteiger partial charge in [-0.15, -0.1) is 0 Å². The van der Waals surface area contributed by atoms with Crippen molar-refractivity contribution in [1.82, 2.24) is 10.2 Å². The average Bonchev–Trinajstić information content (AvgIpc) is 2.90. The molecule has 1 atom stereocenters. The number of rotatable bonds is 10. The topological polar surface area (TPSA) is 96.0 Å². The molecule has 0 unspecified atom stereocenters. The van der Waals surface area contributed by atoms with Crippen molar-refractivity contribution in [2.45, 2.75) is 31.3 Å². The Hall–Kier alpha value is -3.37. The van der Waals surface area contributed by atoms with Gasteiger partial charge in [-0.2, -0.15) is 0 Å². The van der Waals surface area contributed by atoms with E-state index in [4.69, 9.17) is 4.74 Å². The maximum atomic E-state index is 13.8. The van der Waals surface area contributed by atoms with Crippen LogP contribution in [0.5, 0.6) is 5.75 Å². The Morgan fingerprint density at radius 2 is 1.62 bits per heavy atom. The van der Waals surface area contributed by atoms with Gasteiger partial charge in [0.15, 0.2) is 0 Å². The summed E-state index contributed by atoms with van der Waals surface area (Å²) in [5, 5.41) is 2.57. The van der Waals surface area contributed by atoms with Gasteiger partial charge in [0.1, 0.15) is 18.3 Å². The lowest BCUT2D eigenvalue weighted by Gasteiger charge is -2.32. The summed E-state index contributed by atoms with van der Waals surface area (Å²) in [7, 11) is -1.24. The number of likely N-dealkylation sites (N-methyl/N-ethyl adjacent to an activating group) is 1. The molecule has 0 heterocycles. The predicted octanol–water partition coefficient (Wildman–Crippen LogP) is 4.12. The van der Waals surface area contributed by atoms with Gasteiger partial charge in [0, 0.05) is 18.1 Å². The van der Waals surface area contributed by atoms with Crippen LogP contribution in [0.3, 0.4) is 0 Å². The molecule has 0 aliphatic carbocycles. The zero-order chi connectivity index (χ0) is 27.2. The van der Waals surface area contributed by atoms with Gasteiger partial charge in [0.2, 0.25) is 11.8 Å². The van der Waals surface area contributed by atoms with Crippen molar-refractivity contribution in [1.29, 1.82) is 0 Å². The Kier molecular flexibility index (Phi) is 9.34. The lowest BCUT2D eigenvalue weighted by Crippen LogP contribution is -2.50. The monoisotopic (exact) mass is 587 g/mol. The number of nitrogens with one attached hydrogen (secondary N) is 1. The first-order valence-electron chi connectivity index (χ1n) is 11.6. The number of para-hydroxylation sites is 2. The van der Waals surface area contributed by atoms with E-state index in [2.05, 4.69) is 21.2 Å². The first-order valence-corrected chi connectivity index (χ1v) is 13.8. The predicted molar refractivity (Wildman–Crippen MR) is 147 cm³/mol. The second-order valence-corrected chi connectivity index (χ2v) is 11.2. The quantitative estimate of drug-likeness (QED) is 0.385. The maximum absolute atomic E-state index is 13.8. The minimum atomic E-state index is -4.16. The fourth-order valence-corrected chi connectivity index (χ4v) is 5.45. The van der Waals surface area contributed by atoms with Gasteiger partial charge < -0.3 is 15.0 Å². The number of methoxy groups -OCH3 is 1. The molecule has 3 aromatic rings. The third-order valence-electron chi connectivity index (χ3n) is 5.92. The molecule has 10 heteroatoms. The van der Waals surface area contributed by atoms with E-state index < -0.39 is 28.5 Å². The number of carbonyl (C=O) groups is 2. The molecule has 0 bridgehead atoms. The molecule has 2 amide bonds. The van der Waals surface area contributed by atoms with Crippen LogP contribution in [-0.2, 0) is 26.2 Å². The van der Waals surface area contributed by atoms with E-state index in [9.17, 15) is 18.0 Å². The summed E-state index contributed by atoms with van der Waals surface area (Å²) >= 11 is 3.39. The van der Waals surface area contributed by atoms with Crippen molar-refractivity contribution in [3.63, 3.8) is 0 Å². The molecule has 0 saturated heterocycles. The zero-order valence-electron chi connectivity index (χ0n) is 21.1. The highest BCUT2D eigenvalue weighted by molar-refractivity contribution is 9.10. The van der Waals surface area contributed by atoms with Gasteiger partial charge in [-0.25, -0.2) is 8.42 Å². The van der Waals surface area contributed by atoms with E-state index in [1.165, 1.54) is 31.2 Å². The van der Waals surface area contributed by atoms with E-state index >= 15 is 0 Å². The van der Waals surface area contributed by atoms with Crippen LogP contribution in [0, 0.1) is 6.92 Å². The van der Waals surface area contributed by atoms with E-state index in [0.717, 1.165) is 19.9 Å². The molecule has 0 saturated carbocycles. The number of anilines is 1. The lowest BCUT2D eigenvalue weighted by atomic mass is 10.1. The molecule has 1 N–H and O–H groups in total. The normalized spacial score (nSPS) is 11.9. The summed E-state index contributed by atoms with van der Waals surface area (Å²) < 4.78 is 35.0. The van der Waals surface area contributed by atoms with Gasteiger partial charge >= 0.3 is 0 Å². The van der Waals surface area contributed by atoms with Gasteiger partial charge in [0.05, 0.1) is 17.7 Å². The Labute approximate surface area is 226 Å². The summed E-state index contributed by atoms with van der Waals surface area (Å²) in [5.74, 6) is -0.610. The van der Waals surface area contributed by atoms with E-state index in [1.807, 2.05) is 31.2 Å². The van der Waals surface area contributed by atoms with Crippen molar-refractivity contribution in [3.8, 4) is 5.75 Å². The second kappa shape index (κ2) is 12.2. The molecule has 3 rings (SSSR count). The van der Waals surface area contributed by atoms with E-state index in [1.54, 1.807) is 43.3 Å². The number of aryl methyl sites for hydroxylation is 1. The van der Waals surface area contributed by atoms with Gasteiger partial charge in [-0.05, 0) is 55.8 Å². The highest BCUT2D eigenvalue weighted by Crippen LogP contribution is 2.32. The van der Waals surface area contributed by atoms with Gasteiger partial charge in [0.25, 0.3) is 10.0 Å². The maximum Gasteiger partial charge on any atom is 0.264 e. The molecular formula is C27H30BrN3O5S. The first-order chi connectivity index (χ1) is 17.6. The molecule has 0 aliphatic heterocycles. The molecule has 0 fully saturated rings. The highest BCUT2D eigenvalue weighted by atomic mass is 79.9. The van der Waals surface area contributed by atoms with Crippen molar-refractivity contribution in [3.05, 3.63) is 88.4 Å². The molecule has 0 radical (unpaired) electrons. The summed E-state index contributed by atoms with van der Waals surface area (Å²) in [6.07, 6.45) is 0. The number of nitrogens with zero attached hydrogens (tertiary/aromatic N) is 2. The minimum Gasteiger partial charge on any atom is -0.495 e. The van der Waals surface area contributed by atoms with Crippen molar-refractivity contribution in [2.75, 3.05) is 25.0 Å². The molecule has 196 valence electrons. The Balaban J connectivity index is 2.06. The van der Waals surface area contributed by atoms with Crippen LogP contribution in [0.2, 0.25) is 0 Å². The van der Waals surface area contributed by atoms with Crippen molar-refractivity contribution < 1.29 is 22.7 Å². The van der Waals surface area contributed by atoms with E-state index in [0.29, 0.717) is 5.75 Å². The molecular weight excluding hydrogens is 558 g/mol. The number of halogens is 1. The molecule has 8 nitrogen and oxygen atoms in total. The van der Waals surface area contributed by atoms with E-state index in [-0.39, 0.29) is 23.0 Å². The van der Waals surface area contributed by atoms with Crippen LogP contribution in [-0.4, -0.2) is 51.9 Å². The summed E-state index contributed by atoms with van der Waals surface area (Å²) in [6, 6.07) is 19.5. The Bertz CT molecular complexity index is 1350. The van der Waals surface area contributed by atoms with Crippen LogP contribution in [0.4, 0.5) is 5.69 Å². The Morgan fingerprint density at radius 1 is 1.00 bits per heavy atom. The number of hydrogen-bond donors (Lipinski definition) is 1. The number of carbonyl (C=O) groups excluding carboxylic acids is 2. The lowest BCUT2D eigenvalue weighted by molar-refractivity contribution is -0.139. The largest absolute Gasteiger partial charge is 0.495 e. The fraction of sp³-hybridized carbons (Fsp3) is 0.259. The van der Waals surface area contributed by atoms with Crippen LogP contribution < -0.4 is 14.4 Å². The molecule has 0 aliphatic rings. The fourth-order valence-electron chi connectivity index (χ4n) is 3.76. The molecule has 3 aromatic carbocycles. The van der Waals surface area contributed by atoms with Crippen LogP contribution in [0.15, 0.2) is 82.2 Å². The number of hydrogen-bond acceptors (Lipinski definition) is 5. The van der Waals surface area contributed by atoms with Crippen LogP contribution in [0.1, 0.15) is 18.1 Å². The number of ether oxygens (including phenoxy) is 1. The molecule has 0 spiro atoms. The average molecular weight is 589 g/mol. The molecule has 0 aromatic heterocycles. The zero-order valence-corrected chi connectivity index (χ0v) is 23.5. The highest BCUT2D eigenvalue weighted by Gasteiger charge is 2.33. The van der Waals surface area contributed by atoms with Gasteiger partial charge in [-0.1, -0.05) is 57.9 Å². The standard InChI is InChI=1S/C27H30BrN3O5S/c1-19-9-15-23(16-10-19)37(34,35)31(24-7-5-6-8-25(24)36-4)18-26(32)30(20(2)27(33)29-3)17-21-11-13-22(28)14-12-21/h5-16,20H,17-18H2,1-4H3,(H,29,33)/t20-/m1/s1. The SMILES string of the molecule is CNC(=O)[C@@H](C)N(Cc1ccc(Br)cc1)C(=O)CN(c1ccccc1OC)S(=O)(=O)c1ccc(C)cc1. The van der Waals surface area contributed by atoms with Crippen LogP contribution in [0.25, 0.3) is 0 Å². The van der Waals surface area contributed by atoms with Crippen molar-refractivity contribution >= 4 is 43.5 Å². The third-order valence-corrected chi connectivity index (χ3v) is 8.22. The first kappa shape index (κ1) is 28.2. The third kappa shape index (κ3) is 6.69. The number of amides is 2. The second-order valence-electron chi connectivity index (χ2n) is 8.43. The summed E-state index contributed by atoms with van der Waals surface area (Å²) in [4.78, 5) is 27.7. The summed E-state index contributed by atoms with van der Waals surface area (Å²) in [5.41, 5.74) is 1.91. The number of benzene rings is 3. The Morgan fingerprint density at radius 3 is 2.22 bits per heavy atom. The molecule has 37 heavy (non-hydrogen) atoms. The summed E-state index contributed by atoms with van der Waals surface area (Å²) in [6.45, 7) is 3.05.